The molecule has 2 heterocycles. The third kappa shape index (κ3) is 3.08. The quantitative estimate of drug-likeness (QED) is 0.745. The molecule has 0 radical (unpaired) electrons. The molecule has 0 fully saturated rings. The van der Waals surface area contributed by atoms with E-state index in [0.29, 0.717) is 17.0 Å². The van der Waals surface area contributed by atoms with Gasteiger partial charge in [0, 0.05) is 25.1 Å². The molecule has 0 amide bonds. The number of nitrogens with zero attached hydrogens (tertiary/aromatic N) is 4. The van der Waals surface area contributed by atoms with E-state index in [1.807, 2.05) is 0 Å². The molecule has 3 rings (SSSR count). The summed E-state index contributed by atoms with van der Waals surface area (Å²) in [5.41, 5.74) is 0.520. The van der Waals surface area contributed by atoms with E-state index in [1.165, 1.54) is 12.1 Å². The van der Waals surface area contributed by atoms with Crippen LogP contribution < -0.4 is 5.32 Å². The molecule has 0 atom stereocenters. The molecular weight excluding hydrogens is 307 g/mol. The summed E-state index contributed by atoms with van der Waals surface area (Å²) in [6.07, 6.45) is 0.473. The van der Waals surface area contributed by atoms with Gasteiger partial charge in [0.15, 0.2) is 0 Å². The Hall–Kier alpha value is -3.08. The van der Waals surface area contributed by atoms with E-state index in [4.69, 9.17) is 6.57 Å². The van der Waals surface area contributed by atoms with E-state index >= 15 is 0 Å². The third-order valence-electron chi connectivity index (χ3n) is 3.22. The molecule has 3 aromatic rings. The summed E-state index contributed by atoms with van der Waals surface area (Å²) >= 11 is 0. The number of aromatic nitrogens is 3. The van der Waals surface area contributed by atoms with E-state index < -0.39 is 11.7 Å². The predicted molar refractivity (Wildman–Crippen MR) is 78.0 cm³/mol. The Bertz CT molecular complexity index is 875. The summed E-state index contributed by atoms with van der Waals surface area (Å²) in [6, 6.07) is 4.87. The van der Waals surface area contributed by atoms with Crippen molar-refractivity contribution in [1.29, 1.82) is 0 Å². The van der Waals surface area contributed by atoms with Crippen LogP contribution in [-0.4, -0.2) is 14.4 Å². The van der Waals surface area contributed by atoms with Crippen molar-refractivity contribution >= 4 is 17.3 Å². The van der Waals surface area contributed by atoms with Crippen LogP contribution in [0, 0.1) is 6.57 Å². The monoisotopic (exact) mass is 317 g/mol. The normalized spacial score (nSPS) is 11.4. The molecule has 0 saturated heterocycles. The van der Waals surface area contributed by atoms with Crippen LogP contribution in [0.2, 0.25) is 0 Å². The van der Waals surface area contributed by atoms with Crippen LogP contribution in [0.4, 0.5) is 24.8 Å². The van der Waals surface area contributed by atoms with E-state index in [9.17, 15) is 13.2 Å². The summed E-state index contributed by atoms with van der Waals surface area (Å²) in [5, 5.41) is 3.00. The van der Waals surface area contributed by atoms with Gasteiger partial charge in [-0.1, -0.05) is 23.7 Å². The van der Waals surface area contributed by atoms with E-state index in [-0.39, 0.29) is 12.4 Å². The van der Waals surface area contributed by atoms with E-state index in [1.54, 1.807) is 23.0 Å². The van der Waals surface area contributed by atoms with E-state index in [0.717, 1.165) is 12.1 Å². The molecule has 1 aromatic carbocycles. The van der Waals surface area contributed by atoms with Gasteiger partial charge in [-0.2, -0.15) is 13.2 Å². The van der Waals surface area contributed by atoms with Crippen LogP contribution in [-0.2, 0) is 12.7 Å². The first-order valence-corrected chi connectivity index (χ1v) is 6.58. The standard InChI is InChI=1S/C15H10F3N5/c1-19-12-9-23-7-6-20-14(23)13(22-12)21-8-10-2-4-11(5-3-10)15(16,17)18/h2-7,9H,8H2,(H,21,22). The minimum atomic E-state index is -4.35. The molecule has 0 aliphatic heterocycles. The lowest BCUT2D eigenvalue weighted by molar-refractivity contribution is -0.137. The van der Waals surface area contributed by atoms with Gasteiger partial charge in [-0.25, -0.2) is 4.98 Å². The average molecular weight is 317 g/mol. The number of benzene rings is 1. The number of hydrogen-bond acceptors (Lipinski definition) is 3. The van der Waals surface area contributed by atoms with Crippen molar-refractivity contribution in [3.8, 4) is 0 Å². The summed E-state index contributed by atoms with van der Waals surface area (Å²) in [5.74, 6) is 0.605. The zero-order valence-corrected chi connectivity index (χ0v) is 11.7. The number of fused-ring (bicyclic) bond motifs is 1. The van der Waals surface area contributed by atoms with E-state index in [2.05, 4.69) is 20.1 Å². The highest BCUT2D eigenvalue weighted by Crippen LogP contribution is 2.29. The molecule has 0 spiro atoms. The highest BCUT2D eigenvalue weighted by molar-refractivity contribution is 5.65. The van der Waals surface area contributed by atoms with Gasteiger partial charge in [0.25, 0.3) is 11.6 Å². The molecular formula is C15H10F3N5. The summed E-state index contributed by atoms with van der Waals surface area (Å²) < 4.78 is 39.2. The smallest absolute Gasteiger partial charge is 0.359 e. The van der Waals surface area contributed by atoms with Crippen LogP contribution >= 0.6 is 0 Å². The Kier molecular flexibility index (Phi) is 3.62. The summed E-state index contributed by atoms with van der Waals surface area (Å²) in [6.45, 7) is 7.31. The highest BCUT2D eigenvalue weighted by atomic mass is 19.4. The van der Waals surface area contributed by atoms with Crippen molar-refractivity contribution in [2.24, 2.45) is 0 Å². The van der Waals surface area contributed by atoms with Gasteiger partial charge in [0.2, 0.25) is 5.65 Å². The number of halogens is 3. The van der Waals surface area contributed by atoms with Gasteiger partial charge in [0.1, 0.15) is 0 Å². The zero-order valence-electron chi connectivity index (χ0n) is 11.7. The second-order valence-electron chi connectivity index (χ2n) is 4.77. The predicted octanol–water partition coefficient (Wildman–Crippen LogP) is 3.91. The number of rotatable bonds is 3. The van der Waals surface area contributed by atoms with Crippen molar-refractivity contribution in [2.75, 3.05) is 5.32 Å². The second kappa shape index (κ2) is 5.61. The zero-order chi connectivity index (χ0) is 16.4. The Morgan fingerprint density at radius 2 is 1.96 bits per heavy atom. The van der Waals surface area contributed by atoms with Crippen LogP contribution in [0.1, 0.15) is 11.1 Å². The van der Waals surface area contributed by atoms with Crippen LogP contribution in [0.5, 0.6) is 0 Å². The molecule has 5 nitrogen and oxygen atoms in total. The van der Waals surface area contributed by atoms with Crippen molar-refractivity contribution in [3.05, 3.63) is 65.4 Å². The number of imidazole rings is 1. The lowest BCUT2D eigenvalue weighted by Gasteiger charge is -2.08. The third-order valence-corrected chi connectivity index (χ3v) is 3.22. The first-order valence-electron chi connectivity index (χ1n) is 6.58. The molecule has 23 heavy (non-hydrogen) atoms. The number of hydrogen-bond donors (Lipinski definition) is 1. The fourth-order valence-corrected chi connectivity index (χ4v) is 2.09. The van der Waals surface area contributed by atoms with Gasteiger partial charge < -0.3 is 14.6 Å². The molecule has 2 aromatic heterocycles. The fourth-order valence-electron chi connectivity index (χ4n) is 2.09. The van der Waals surface area contributed by atoms with Crippen LogP contribution in [0.25, 0.3) is 10.5 Å². The summed E-state index contributed by atoms with van der Waals surface area (Å²) in [7, 11) is 0. The SMILES string of the molecule is [C-]#[N+]c1cn2ccnc2c(NCc2ccc(C(F)(F)F)cc2)n1. The van der Waals surface area contributed by atoms with Crippen molar-refractivity contribution in [1.82, 2.24) is 14.4 Å². The van der Waals surface area contributed by atoms with Crippen LogP contribution in [0.3, 0.4) is 0 Å². The Labute approximate surface area is 129 Å². The molecule has 0 aliphatic carbocycles. The van der Waals surface area contributed by atoms with Gasteiger partial charge in [-0.15, -0.1) is 0 Å². The molecule has 116 valence electrons. The molecule has 1 N–H and O–H groups in total. The van der Waals surface area contributed by atoms with Crippen LogP contribution in [0.15, 0.2) is 42.9 Å². The Morgan fingerprint density at radius 1 is 1.22 bits per heavy atom. The maximum atomic E-state index is 12.5. The summed E-state index contributed by atoms with van der Waals surface area (Å²) in [4.78, 5) is 11.6. The molecule has 0 saturated carbocycles. The van der Waals surface area contributed by atoms with Gasteiger partial charge in [-0.05, 0) is 17.7 Å². The lowest BCUT2D eigenvalue weighted by atomic mass is 10.1. The van der Waals surface area contributed by atoms with Gasteiger partial charge in [0.05, 0.1) is 5.56 Å². The van der Waals surface area contributed by atoms with Crippen molar-refractivity contribution in [3.63, 3.8) is 0 Å². The Morgan fingerprint density at radius 3 is 2.61 bits per heavy atom. The lowest BCUT2D eigenvalue weighted by Crippen LogP contribution is -2.06. The van der Waals surface area contributed by atoms with Gasteiger partial charge >= 0.3 is 6.18 Å². The molecule has 0 bridgehead atoms. The van der Waals surface area contributed by atoms with Gasteiger partial charge in [-0.3, -0.25) is 0 Å². The largest absolute Gasteiger partial charge is 0.416 e. The molecule has 0 aliphatic rings. The maximum Gasteiger partial charge on any atom is 0.416 e. The number of alkyl halides is 3. The molecule has 0 unspecified atom stereocenters. The fraction of sp³-hybridized carbons (Fsp3) is 0.133. The first kappa shape index (κ1) is 14.8. The van der Waals surface area contributed by atoms with Crippen molar-refractivity contribution < 1.29 is 13.2 Å². The average Bonchev–Trinajstić information content (AvgIpc) is 3.00. The first-order chi connectivity index (χ1) is 11.0. The highest BCUT2D eigenvalue weighted by Gasteiger charge is 2.29. The Balaban J connectivity index is 1.81. The second-order valence-corrected chi connectivity index (χ2v) is 4.77. The maximum absolute atomic E-state index is 12.5. The number of nitrogens with one attached hydrogen (secondary N) is 1. The molecule has 8 heteroatoms. The number of anilines is 1. The topological polar surface area (TPSA) is 46.6 Å². The minimum absolute atomic E-state index is 0.199. The van der Waals surface area contributed by atoms with Crippen molar-refractivity contribution in [2.45, 2.75) is 12.7 Å². The minimum Gasteiger partial charge on any atom is -0.359 e.